The molecule has 0 saturated carbocycles. The minimum absolute atomic E-state index is 0.142. The summed E-state index contributed by atoms with van der Waals surface area (Å²) in [5.74, 6) is -0.142. The fourth-order valence-electron chi connectivity index (χ4n) is 8.14. The third-order valence-electron chi connectivity index (χ3n) is 12.1. The van der Waals surface area contributed by atoms with E-state index in [4.69, 9.17) is 0 Å². The van der Waals surface area contributed by atoms with Crippen molar-refractivity contribution in [3.05, 3.63) is 24.3 Å². The molecule has 0 heterocycles. The molecule has 0 aromatic rings. The van der Waals surface area contributed by atoms with E-state index in [1.54, 1.807) is 0 Å². The number of carbonyl (C=O) groups is 1. The molecule has 1 amide bonds. The second-order valence-corrected chi connectivity index (χ2v) is 17.7. The van der Waals surface area contributed by atoms with E-state index in [-0.39, 0.29) is 12.5 Å². The Morgan fingerprint density at radius 1 is 0.456 bits per heavy atom. The van der Waals surface area contributed by atoms with Crippen LogP contribution in [-0.2, 0) is 4.79 Å². The highest BCUT2D eigenvalue weighted by atomic mass is 16.3. The maximum absolute atomic E-state index is 12.5. The van der Waals surface area contributed by atoms with Crippen molar-refractivity contribution in [1.29, 1.82) is 0 Å². The Kier molecular flexibility index (Phi) is 46.5. The maximum atomic E-state index is 12.5. The Hall–Kier alpha value is -1.17. The number of nitrogens with one attached hydrogen (secondary N) is 1. The Morgan fingerprint density at radius 2 is 0.807 bits per heavy atom. The number of rotatable bonds is 47. The first-order chi connectivity index (χ1) is 28.1. The zero-order valence-electron chi connectivity index (χ0n) is 38.5. The lowest BCUT2D eigenvalue weighted by Crippen LogP contribution is -2.50. The molecule has 0 bridgehead atoms. The number of amides is 1. The average molecular weight is 804 g/mol. The van der Waals surface area contributed by atoms with Crippen LogP contribution < -0.4 is 5.32 Å². The van der Waals surface area contributed by atoms with Gasteiger partial charge in [0.15, 0.2) is 0 Å². The Labute approximate surface area is 356 Å². The van der Waals surface area contributed by atoms with Gasteiger partial charge >= 0.3 is 0 Å². The van der Waals surface area contributed by atoms with E-state index in [0.29, 0.717) is 12.8 Å². The fourth-order valence-corrected chi connectivity index (χ4v) is 8.14. The fraction of sp³-hybridized carbons (Fsp3) is 0.904. The van der Waals surface area contributed by atoms with Crippen LogP contribution in [0, 0.1) is 0 Å². The standard InChI is InChI=1S/C52H101NO4/c1-3-5-7-9-11-13-15-17-19-21-23-25-27-28-30-32-34-36-38-40-42-44-46-50(55)52(57)49(48-54)53-51(56)47-45-43-41-39-37-35-33-31-29-26-24-22-20-18-16-14-12-10-8-6-4-2/h6,8,12,14,49-50,52,54-55,57H,3-5,7,9-11,13,15-48H2,1-2H3,(H,53,56)/b8-6-,14-12-. The van der Waals surface area contributed by atoms with Gasteiger partial charge in [-0.1, -0.05) is 256 Å². The number of hydrogen-bond acceptors (Lipinski definition) is 4. The van der Waals surface area contributed by atoms with Gasteiger partial charge in [-0.05, 0) is 38.5 Å². The highest BCUT2D eigenvalue weighted by molar-refractivity contribution is 5.76. The van der Waals surface area contributed by atoms with Crippen LogP contribution in [0.1, 0.15) is 277 Å². The number of carbonyl (C=O) groups excluding carboxylic acids is 1. The molecular formula is C52H101NO4. The molecule has 0 aliphatic carbocycles. The quantitative estimate of drug-likeness (QED) is 0.0364. The molecule has 338 valence electrons. The highest BCUT2D eigenvalue weighted by Gasteiger charge is 2.26. The summed E-state index contributed by atoms with van der Waals surface area (Å²) in [6.45, 7) is 4.11. The summed E-state index contributed by atoms with van der Waals surface area (Å²) in [7, 11) is 0. The average Bonchev–Trinajstić information content (AvgIpc) is 3.22. The zero-order valence-corrected chi connectivity index (χ0v) is 38.5. The Morgan fingerprint density at radius 3 is 1.19 bits per heavy atom. The minimum atomic E-state index is -1.13. The summed E-state index contributed by atoms with van der Waals surface area (Å²) in [6, 6.07) is -0.808. The molecule has 0 saturated heterocycles. The van der Waals surface area contributed by atoms with E-state index >= 15 is 0 Å². The van der Waals surface area contributed by atoms with Crippen molar-refractivity contribution in [2.24, 2.45) is 0 Å². The largest absolute Gasteiger partial charge is 0.394 e. The van der Waals surface area contributed by atoms with Gasteiger partial charge in [-0.3, -0.25) is 4.79 Å². The molecular weight excluding hydrogens is 703 g/mol. The van der Waals surface area contributed by atoms with E-state index in [0.717, 1.165) is 44.9 Å². The predicted octanol–water partition coefficient (Wildman–Crippen LogP) is 15.3. The summed E-state index contributed by atoms with van der Waals surface area (Å²) in [5, 5.41) is 33.7. The number of hydrogen-bond donors (Lipinski definition) is 4. The van der Waals surface area contributed by atoms with Crippen LogP contribution in [0.3, 0.4) is 0 Å². The molecule has 0 aliphatic rings. The number of allylic oxidation sites excluding steroid dienone is 4. The zero-order chi connectivity index (χ0) is 41.5. The lowest BCUT2D eigenvalue weighted by Gasteiger charge is -2.26. The third-order valence-corrected chi connectivity index (χ3v) is 12.1. The normalized spacial score (nSPS) is 13.6. The lowest BCUT2D eigenvalue weighted by atomic mass is 9.99. The number of aliphatic hydroxyl groups is 3. The molecule has 4 N–H and O–H groups in total. The molecule has 0 spiro atoms. The first-order valence-electron chi connectivity index (χ1n) is 25.6. The Bertz CT molecular complexity index is 844. The van der Waals surface area contributed by atoms with E-state index in [1.165, 1.54) is 205 Å². The molecule has 0 rings (SSSR count). The van der Waals surface area contributed by atoms with E-state index in [2.05, 4.69) is 43.5 Å². The van der Waals surface area contributed by atoms with Crippen LogP contribution in [-0.4, -0.2) is 46.1 Å². The van der Waals surface area contributed by atoms with Crippen molar-refractivity contribution < 1.29 is 20.1 Å². The maximum Gasteiger partial charge on any atom is 0.220 e. The molecule has 3 unspecified atom stereocenters. The molecule has 0 aliphatic heterocycles. The van der Waals surface area contributed by atoms with Crippen LogP contribution in [0.15, 0.2) is 24.3 Å². The van der Waals surface area contributed by atoms with Gasteiger partial charge in [0.1, 0.15) is 6.10 Å². The highest BCUT2D eigenvalue weighted by Crippen LogP contribution is 2.18. The Balaban J connectivity index is 3.54. The monoisotopic (exact) mass is 804 g/mol. The second-order valence-electron chi connectivity index (χ2n) is 17.7. The van der Waals surface area contributed by atoms with Crippen molar-refractivity contribution in [2.45, 2.75) is 295 Å². The van der Waals surface area contributed by atoms with Crippen molar-refractivity contribution in [3.8, 4) is 0 Å². The van der Waals surface area contributed by atoms with Crippen molar-refractivity contribution in [2.75, 3.05) is 6.61 Å². The number of aliphatic hydroxyl groups excluding tert-OH is 3. The number of unbranched alkanes of at least 4 members (excludes halogenated alkanes) is 35. The molecule has 5 heteroatoms. The van der Waals surface area contributed by atoms with Crippen LogP contribution in [0.2, 0.25) is 0 Å². The molecule has 0 aromatic carbocycles. The van der Waals surface area contributed by atoms with Crippen LogP contribution in [0.5, 0.6) is 0 Å². The second kappa shape index (κ2) is 47.5. The van der Waals surface area contributed by atoms with Crippen molar-refractivity contribution in [3.63, 3.8) is 0 Å². The van der Waals surface area contributed by atoms with Gasteiger partial charge in [0.05, 0.1) is 18.8 Å². The van der Waals surface area contributed by atoms with Crippen molar-refractivity contribution >= 4 is 5.91 Å². The van der Waals surface area contributed by atoms with Gasteiger partial charge in [-0.15, -0.1) is 0 Å². The third kappa shape index (κ3) is 42.8. The smallest absolute Gasteiger partial charge is 0.220 e. The SMILES string of the molecule is CC/C=C\C/C=C\CCCCCCCCCCCCCCCCC(=O)NC(CO)C(O)C(O)CCCCCCCCCCCCCCCCCCCCCCCC. The van der Waals surface area contributed by atoms with Crippen LogP contribution in [0.25, 0.3) is 0 Å². The summed E-state index contributed by atoms with van der Waals surface area (Å²) in [4.78, 5) is 12.5. The van der Waals surface area contributed by atoms with E-state index < -0.39 is 18.2 Å². The first-order valence-corrected chi connectivity index (χ1v) is 25.6. The van der Waals surface area contributed by atoms with Gasteiger partial charge in [0, 0.05) is 6.42 Å². The molecule has 0 aromatic heterocycles. The lowest BCUT2D eigenvalue weighted by molar-refractivity contribution is -0.124. The van der Waals surface area contributed by atoms with Gasteiger partial charge in [-0.2, -0.15) is 0 Å². The van der Waals surface area contributed by atoms with Crippen LogP contribution >= 0.6 is 0 Å². The summed E-state index contributed by atoms with van der Waals surface area (Å²) < 4.78 is 0. The summed E-state index contributed by atoms with van der Waals surface area (Å²) >= 11 is 0. The van der Waals surface area contributed by atoms with E-state index in [9.17, 15) is 20.1 Å². The molecule has 0 radical (unpaired) electrons. The first kappa shape index (κ1) is 55.8. The molecule has 5 nitrogen and oxygen atoms in total. The predicted molar refractivity (Wildman–Crippen MR) is 250 cm³/mol. The summed E-state index contributed by atoms with van der Waals surface area (Å²) in [6.07, 6.45) is 58.8. The minimum Gasteiger partial charge on any atom is -0.394 e. The van der Waals surface area contributed by atoms with Gasteiger partial charge < -0.3 is 20.6 Å². The van der Waals surface area contributed by atoms with Crippen molar-refractivity contribution in [1.82, 2.24) is 5.32 Å². The van der Waals surface area contributed by atoms with Gasteiger partial charge in [-0.25, -0.2) is 0 Å². The van der Waals surface area contributed by atoms with E-state index in [1.807, 2.05) is 0 Å². The van der Waals surface area contributed by atoms with Gasteiger partial charge in [0.25, 0.3) is 0 Å². The molecule has 0 fully saturated rings. The molecule has 3 atom stereocenters. The summed E-state index contributed by atoms with van der Waals surface area (Å²) in [5.41, 5.74) is 0. The van der Waals surface area contributed by atoms with Crippen LogP contribution in [0.4, 0.5) is 0 Å². The van der Waals surface area contributed by atoms with Gasteiger partial charge in [0.2, 0.25) is 5.91 Å². The molecule has 57 heavy (non-hydrogen) atoms. The topological polar surface area (TPSA) is 89.8 Å².